The van der Waals surface area contributed by atoms with E-state index in [2.05, 4.69) is 41.7 Å². The van der Waals surface area contributed by atoms with Gasteiger partial charge in [-0.1, -0.05) is 48.0 Å². The van der Waals surface area contributed by atoms with Crippen molar-refractivity contribution < 1.29 is 0 Å². The third kappa shape index (κ3) is 3.66. The first-order chi connectivity index (χ1) is 11.7. The minimum absolute atomic E-state index is 0.429. The second-order valence-corrected chi connectivity index (χ2v) is 7.79. The third-order valence-electron chi connectivity index (χ3n) is 5.53. The van der Waals surface area contributed by atoms with Gasteiger partial charge in [0.1, 0.15) is 0 Å². The Bertz CT molecular complexity index is 672. The normalized spacial score (nSPS) is 29.4. The number of halogens is 1. The highest BCUT2D eigenvalue weighted by molar-refractivity contribution is 6.30. The smallest absolute Gasteiger partial charge is 0.0406 e. The number of hydrogen-bond acceptors (Lipinski definition) is 2. The molecule has 0 amide bonds. The first kappa shape index (κ1) is 16.1. The molecule has 2 aromatic carbocycles. The lowest BCUT2D eigenvalue weighted by Gasteiger charge is -2.27. The van der Waals surface area contributed by atoms with Crippen LogP contribution in [0.2, 0.25) is 5.02 Å². The SMILES string of the molecule is NC1CCC(N[C@H]2CC2c2ccc(-c3ccc(Cl)cc3)cc2)CC1. The van der Waals surface area contributed by atoms with Crippen molar-refractivity contribution in [2.24, 2.45) is 5.73 Å². The summed E-state index contributed by atoms with van der Waals surface area (Å²) in [5.74, 6) is 0.680. The number of nitrogens with one attached hydrogen (secondary N) is 1. The second kappa shape index (κ2) is 6.87. The number of nitrogens with two attached hydrogens (primary N) is 1. The van der Waals surface area contributed by atoms with Crippen molar-refractivity contribution in [3.8, 4) is 11.1 Å². The molecule has 2 aliphatic rings. The van der Waals surface area contributed by atoms with Gasteiger partial charge in [-0.3, -0.25) is 0 Å². The van der Waals surface area contributed by atoms with Gasteiger partial charge in [-0.25, -0.2) is 0 Å². The molecule has 4 rings (SSSR count). The van der Waals surface area contributed by atoms with Gasteiger partial charge in [0.2, 0.25) is 0 Å². The molecule has 2 aliphatic carbocycles. The van der Waals surface area contributed by atoms with Gasteiger partial charge in [0.15, 0.2) is 0 Å². The Kier molecular flexibility index (Phi) is 4.62. The van der Waals surface area contributed by atoms with Crippen LogP contribution in [0.15, 0.2) is 48.5 Å². The van der Waals surface area contributed by atoms with Crippen molar-refractivity contribution in [3.63, 3.8) is 0 Å². The van der Waals surface area contributed by atoms with E-state index in [9.17, 15) is 0 Å². The Labute approximate surface area is 149 Å². The average Bonchev–Trinajstić information content (AvgIpc) is 3.37. The van der Waals surface area contributed by atoms with Gasteiger partial charge in [-0.2, -0.15) is 0 Å². The zero-order valence-corrected chi connectivity index (χ0v) is 14.7. The van der Waals surface area contributed by atoms with E-state index < -0.39 is 0 Å². The molecule has 2 saturated carbocycles. The summed E-state index contributed by atoms with van der Waals surface area (Å²) in [4.78, 5) is 0. The van der Waals surface area contributed by atoms with E-state index in [1.54, 1.807) is 0 Å². The minimum Gasteiger partial charge on any atom is -0.328 e. The molecule has 3 N–H and O–H groups in total. The summed E-state index contributed by atoms with van der Waals surface area (Å²) in [5, 5.41) is 4.63. The van der Waals surface area contributed by atoms with Crippen molar-refractivity contribution in [1.82, 2.24) is 5.32 Å². The maximum Gasteiger partial charge on any atom is 0.0406 e. The Balaban J connectivity index is 1.35. The van der Waals surface area contributed by atoms with Crippen molar-refractivity contribution in [1.29, 1.82) is 0 Å². The molecule has 2 aromatic rings. The molecule has 1 unspecified atom stereocenters. The van der Waals surface area contributed by atoms with Crippen LogP contribution >= 0.6 is 11.6 Å². The predicted octanol–water partition coefficient (Wildman–Crippen LogP) is 4.72. The molecule has 0 bridgehead atoms. The maximum absolute atomic E-state index is 6.00. The molecule has 0 radical (unpaired) electrons. The summed E-state index contributed by atoms with van der Waals surface area (Å²) in [6.45, 7) is 0. The molecule has 0 aromatic heterocycles. The van der Waals surface area contributed by atoms with Crippen LogP contribution in [0.4, 0.5) is 0 Å². The first-order valence-corrected chi connectivity index (χ1v) is 9.44. The van der Waals surface area contributed by atoms with E-state index in [1.807, 2.05) is 12.1 Å². The molecule has 0 saturated heterocycles. The van der Waals surface area contributed by atoms with Crippen molar-refractivity contribution in [3.05, 3.63) is 59.1 Å². The van der Waals surface area contributed by atoms with E-state index >= 15 is 0 Å². The molecule has 2 atom stereocenters. The second-order valence-electron chi connectivity index (χ2n) is 7.36. The van der Waals surface area contributed by atoms with Crippen LogP contribution in [-0.4, -0.2) is 18.1 Å². The highest BCUT2D eigenvalue weighted by atomic mass is 35.5. The molecule has 2 nitrogen and oxygen atoms in total. The number of hydrogen-bond donors (Lipinski definition) is 2. The van der Waals surface area contributed by atoms with Crippen molar-refractivity contribution >= 4 is 11.6 Å². The quantitative estimate of drug-likeness (QED) is 0.845. The van der Waals surface area contributed by atoms with E-state index in [0.29, 0.717) is 24.0 Å². The standard InChI is InChI=1S/C21H25ClN2/c22-17-7-5-15(6-8-17)14-1-3-16(4-2-14)20-13-21(20)24-19-11-9-18(23)10-12-19/h1-8,18-21,24H,9-13,23H2/t18?,19?,20?,21-/m0/s1. The predicted molar refractivity (Wildman–Crippen MR) is 101 cm³/mol. The maximum atomic E-state index is 6.00. The van der Waals surface area contributed by atoms with Gasteiger partial charge in [0, 0.05) is 29.1 Å². The topological polar surface area (TPSA) is 38.0 Å². The van der Waals surface area contributed by atoms with Crippen LogP contribution in [0.1, 0.15) is 43.6 Å². The van der Waals surface area contributed by atoms with E-state index in [-0.39, 0.29) is 0 Å². The summed E-state index contributed by atoms with van der Waals surface area (Å²) in [6, 6.07) is 18.8. The first-order valence-electron chi connectivity index (χ1n) is 9.06. The molecular weight excluding hydrogens is 316 g/mol. The summed E-state index contributed by atoms with van der Waals surface area (Å²) in [7, 11) is 0. The number of rotatable bonds is 4. The van der Waals surface area contributed by atoms with Gasteiger partial charge in [-0.15, -0.1) is 0 Å². The van der Waals surface area contributed by atoms with Gasteiger partial charge < -0.3 is 11.1 Å². The van der Waals surface area contributed by atoms with Gasteiger partial charge in [-0.05, 0) is 60.9 Å². The molecule has 2 fully saturated rings. The summed E-state index contributed by atoms with van der Waals surface area (Å²) in [5.41, 5.74) is 9.92. The monoisotopic (exact) mass is 340 g/mol. The molecule has 24 heavy (non-hydrogen) atoms. The Morgan fingerprint density at radius 3 is 2.04 bits per heavy atom. The Morgan fingerprint density at radius 1 is 0.833 bits per heavy atom. The molecule has 0 spiro atoms. The number of benzene rings is 2. The van der Waals surface area contributed by atoms with E-state index in [1.165, 1.54) is 48.8 Å². The van der Waals surface area contributed by atoms with Crippen LogP contribution < -0.4 is 11.1 Å². The van der Waals surface area contributed by atoms with Crippen molar-refractivity contribution in [2.45, 2.75) is 56.1 Å². The summed E-state index contributed by atoms with van der Waals surface area (Å²) >= 11 is 5.96. The van der Waals surface area contributed by atoms with Crippen LogP contribution in [0, 0.1) is 0 Å². The lowest BCUT2D eigenvalue weighted by atomic mass is 9.92. The minimum atomic E-state index is 0.429. The molecule has 0 aliphatic heterocycles. The fourth-order valence-corrected chi connectivity index (χ4v) is 4.03. The van der Waals surface area contributed by atoms with Crippen LogP contribution in [0.3, 0.4) is 0 Å². The lowest BCUT2D eigenvalue weighted by molar-refractivity contribution is 0.339. The fraction of sp³-hybridized carbons (Fsp3) is 0.429. The Morgan fingerprint density at radius 2 is 1.42 bits per heavy atom. The third-order valence-corrected chi connectivity index (χ3v) is 5.78. The van der Waals surface area contributed by atoms with Gasteiger partial charge >= 0.3 is 0 Å². The van der Waals surface area contributed by atoms with Crippen molar-refractivity contribution in [2.75, 3.05) is 0 Å². The molecular formula is C21H25ClN2. The lowest BCUT2D eigenvalue weighted by Crippen LogP contribution is -2.38. The zero-order valence-electron chi connectivity index (χ0n) is 13.9. The van der Waals surface area contributed by atoms with Crippen LogP contribution in [0.25, 0.3) is 11.1 Å². The molecule has 3 heteroatoms. The highest BCUT2D eigenvalue weighted by Gasteiger charge is 2.39. The molecule has 0 heterocycles. The Hall–Kier alpha value is -1.35. The van der Waals surface area contributed by atoms with Crippen LogP contribution in [0.5, 0.6) is 0 Å². The van der Waals surface area contributed by atoms with Gasteiger partial charge in [0.25, 0.3) is 0 Å². The average molecular weight is 341 g/mol. The van der Waals surface area contributed by atoms with Gasteiger partial charge in [0.05, 0.1) is 0 Å². The fourth-order valence-electron chi connectivity index (χ4n) is 3.90. The zero-order chi connectivity index (χ0) is 16.5. The highest BCUT2D eigenvalue weighted by Crippen LogP contribution is 2.42. The largest absolute Gasteiger partial charge is 0.328 e. The summed E-state index contributed by atoms with van der Waals surface area (Å²) < 4.78 is 0. The van der Waals surface area contributed by atoms with E-state index in [0.717, 1.165) is 5.02 Å². The summed E-state index contributed by atoms with van der Waals surface area (Å²) in [6.07, 6.45) is 6.08. The molecule has 126 valence electrons. The van der Waals surface area contributed by atoms with E-state index in [4.69, 9.17) is 17.3 Å². The van der Waals surface area contributed by atoms with Crippen LogP contribution in [-0.2, 0) is 0 Å².